The SMILES string of the molecule is O=C1CSc2ccc(C(=O)Nc3nc(-c4ccccc4OC(F)F)cs3)cc2N1. The highest BCUT2D eigenvalue weighted by Crippen LogP contribution is 2.34. The summed E-state index contributed by atoms with van der Waals surface area (Å²) < 4.78 is 29.7. The van der Waals surface area contributed by atoms with Gasteiger partial charge in [0.2, 0.25) is 5.91 Å². The quantitative estimate of drug-likeness (QED) is 0.609. The van der Waals surface area contributed by atoms with Crippen LogP contribution in [0.15, 0.2) is 52.7 Å². The molecule has 0 radical (unpaired) electrons. The highest BCUT2D eigenvalue weighted by atomic mass is 32.2. The van der Waals surface area contributed by atoms with E-state index < -0.39 is 12.5 Å². The molecule has 2 aromatic carbocycles. The number of ether oxygens (including phenoxy) is 1. The largest absolute Gasteiger partial charge is 0.434 e. The molecule has 1 aliphatic rings. The maximum Gasteiger partial charge on any atom is 0.387 e. The number of carbonyl (C=O) groups excluding carboxylic acids is 2. The number of para-hydroxylation sites is 1. The Morgan fingerprint density at radius 3 is 2.90 bits per heavy atom. The summed E-state index contributed by atoms with van der Waals surface area (Å²) in [6.07, 6.45) is 0. The number of fused-ring (bicyclic) bond motifs is 1. The van der Waals surface area contributed by atoms with E-state index in [9.17, 15) is 18.4 Å². The van der Waals surface area contributed by atoms with Crippen molar-refractivity contribution in [2.24, 2.45) is 0 Å². The van der Waals surface area contributed by atoms with Gasteiger partial charge in [0, 0.05) is 21.4 Å². The van der Waals surface area contributed by atoms with E-state index in [4.69, 9.17) is 0 Å². The predicted molar refractivity (Wildman–Crippen MR) is 108 cm³/mol. The second kappa shape index (κ2) is 8.18. The molecule has 0 unspecified atom stereocenters. The van der Waals surface area contributed by atoms with Gasteiger partial charge in [-0.1, -0.05) is 12.1 Å². The van der Waals surface area contributed by atoms with Crippen molar-refractivity contribution in [3.63, 3.8) is 0 Å². The first kappa shape index (κ1) is 19.3. The van der Waals surface area contributed by atoms with Gasteiger partial charge in [-0.2, -0.15) is 8.78 Å². The van der Waals surface area contributed by atoms with Gasteiger partial charge in [-0.25, -0.2) is 4.98 Å². The molecule has 3 aromatic rings. The number of nitrogens with zero attached hydrogens (tertiary/aromatic N) is 1. The Kier molecular flexibility index (Phi) is 5.45. The first-order chi connectivity index (χ1) is 14.0. The van der Waals surface area contributed by atoms with Crippen molar-refractivity contribution in [3.8, 4) is 17.0 Å². The van der Waals surface area contributed by atoms with E-state index in [0.717, 1.165) is 16.2 Å². The third-order valence-corrected chi connectivity index (χ3v) is 5.81. The molecule has 0 aliphatic carbocycles. The number of halogens is 2. The molecule has 10 heteroatoms. The number of alkyl halides is 2. The van der Waals surface area contributed by atoms with Crippen LogP contribution in [0, 0.1) is 0 Å². The lowest BCUT2D eigenvalue weighted by Gasteiger charge is -2.16. The molecular formula is C19H13F2N3O3S2. The van der Waals surface area contributed by atoms with E-state index >= 15 is 0 Å². The number of carbonyl (C=O) groups is 2. The van der Waals surface area contributed by atoms with Crippen LogP contribution < -0.4 is 15.4 Å². The van der Waals surface area contributed by atoms with Crippen LogP contribution in [0.2, 0.25) is 0 Å². The van der Waals surface area contributed by atoms with E-state index in [-0.39, 0.29) is 11.7 Å². The van der Waals surface area contributed by atoms with Crippen molar-refractivity contribution < 1.29 is 23.1 Å². The van der Waals surface area contributed by atoms with E-state index in [1.807, 2.05) is 0 Å². The molecular weight excluding hydrogens is 420 g/mol. The summed E-state index contributed by atoms with van der Waals surface area (Å²) in [5.41, 5.74) is 1.77. The van der Waals surface area contributed by atoms with Crippen molar-refractivity contribution in [2.75, 3.05) is 16.4 Å². The topological polar surface area (TPSA) is 80.3 Å². The van der Waals surface area contributed by atoms with E-state index in [2.05, 4.69) is 20.4 Å². The molecule has 0 spiro atoms. The zero-order chi connectivity index (χ0) is 20.4. The minimum absolute atomic E-state index is 0.00797. The number of benzene rings is 2. The zero-order valence-corrected chi connectivity index (χ0v) is 16.3. The number of nitrogens with one attached hydrogen (secondary N) is 2. The van der Waals surface area contributed by atoms with Crippen molar-refractivity contribution >= 4 is 45.7 Å². The second-order valence-electron chi connectivity index (χ2n) is 5.91. The summed E-state index contributed by atoms with van der Waals surface area (Å²) in [4.78, 5) is 29.3. The Labute approximate surface area is 172 Å². The van der Waals surface area contributed by atoms with Crippen LogP contribution in [0.4, 0.5) is 19.6 Å². The van der Waals surface area contributed by atoms with Crippen LogP contribution in [0.1, 0.15) is 10.4 Å². The molecule has 6 nitrogen and oxygen atoms in total. The van der Waals surface area contributed by atoms with Gasteiger partial charge < -0.3 is 10.1 Å². The summed E-state index contributed by atoms with van der Waals surface area (Å²) in [5.74, 6) is -0.157. The zero-order valence-electron chi connectivity index (χ0n) is 14.6. The number of thiazole rings is 1. The first-order valence-electron chi connectivity index (χ1n) is 8.37. The number of aromatic nitrogens is 1. The fraction of sp³-hybridized carbons (Fsp3) is 0.105. The van der Waals surface area contributed by atoms with Gasteiger partial charge in [0.05, 0.1) is 17.1 Å². The summed E-state index contributed by atoms with van der Waals surface area (Å²) >= 11 is 2.57. The summed E-state index contributed by atoms with van der Waals surface area (Å²) in [6.45, 7) is -2.95. The van der Waals surface area contributed by atoms with Crippen LogP contribution in [0.5, 0.6) is 5.75 Å². The lowest BCUT2D eigenvalue weighted by molar-refractivity contribution is -0.113. The number of amides is 2. The molecule has 4 rings (SSSR count). The van der Waals surface area contributed by atoms with Crippen LogP contribution in [-0.2, 0) is 4.79 Å². The van der Waals surface area contributed by atoms with Gasteiger partial charge >= 0.3 is 6.61 Å². The molecule has 29 heavy (non-hydrogen) atoms. The minimum atomic E-state index is -2.95. The first-order valence-corrected chi connectivity index (χ1v) is 10.2. The Morgan fingerprint density at radius 1 is 1.24 bits per heavy atom. The summed E-state index contributed by atoms with van der Waals surface area (Å²) in [7, 11) is 0. The average molecular weight is 433 g/mol. The lowest BCUT2D eigenvalue weighted by Crippen LogP contribution is -2.19. The van der Waals surface area contributed by atoms with Gasteiger partial charge in [0.15, 0.2) is 5.13 Å². The van der Waals surface area contributed by atoms with Gasteiger partial charge in [0.1, 0.15) is 5.75 Å². The van der Waals surface area contributed by atoms with Gasteiger partial charge in [0.25, 0.3) is 5.91 Å². The number of rotatable bonds is 5. The average Bonchev–Trinajstić information content (AvgIpc) is 3.15. The van der Waals surface area contributed by atoms with Crippen molar-refractivity contribution in [3.05, 3.63) is 53.4 Å². The maximum atomic E-state index is 12.6. The smallest absolute Gasteiger partial charge is 0.387 e. The highest BCUT2D eigenvalue weighted by molar-refractivity contribution is 8.00. The lowest BCUT2D eigenvalue weighted by atomic mass is 10.1. The highest BCUT2D eigenvalue weighted by Gasteiger charge is 2.18. The third-order valence-electron chi connectivity index (χ3n) is 3.98. The van der Waals surface area contributed by atoms with Gasteiger partial charge in [-0.05, 0) is 30.3 Å². The van der Waals surface area contributed by atoms with E-state index in [1.165, 1.54) is 17.8 Å². The molecule has 148 valence electrons. The fourth-order valence-electron chi connectivity index (χ4n) is 2.73. The molecule has 0 fully saturated rings. The molecule has 1 aliphatic heterocycles. The number of hydrogen-bond acceptors (Lipinski definition) is 6. The Morgan fingerprint density at radius 2 is 2.07 bits per heavy atom. The number of thioether (sulfide) groups is 1. The monoisotopic (exact) mass is 433 g/mol. The predicted octanol–water partition coefficient (Wildman–Crippen LogP) is 4.71. The molecule has 2 amide bonds. The molecule has 0 atom stereocenters. The normalized spacial score (nSPS) is 13.0. The fourth-order valence-corrected chi connectivity index (χ4v) is 4.22. The van der Waals surface area contributed by atoms with Crippen LogP contribution in [-0.4, -0.2) is 29.2 Å². The van der Waals surface area contributed by atoms with E-state index in [0.29, 0.717) is 33.4 Å². The Balaban J connectivity index is 1.52. The van der Waals surface area contributed by atoms with Crippen LogP contribution >= 0.6 is 23.1 Å². The maximum absolute atomic E-state index is 12.6. The summed E-state index contributed by atoms with van der Waals surface area (Å²) in [6, 6.07) is 11.4. The number of anilines is 2. The molecule has 0 saturated carbocycles. The molecule has 2 heterocycles. The molecule has 0 saturated heterocycles. The second-order valence-corrected chi connectivity index (χ2v) is 7.79. The third kappa shape index (κ3) is 4.38. The van der Waals surface area contributed by atoms with Crippen molar-refractivity contribution in [2.45, 2.75) is 11.5 Å². The Hall–Kier alpha value is -2.98. The van der Waals surface area contributed by atoms with Crippen molar-refractivity contribution in [1.82, 2.24) is 4.98 Å². The van der Waals surface area contributed by atoms with Crippen LogP contribution in [0.3, 0.4) is 0 Å². The summed E-state index contributed by atoms with van der Waals surface area (Å²) in [5, 5.41) is 7.38. The van der Waals surface area contributed by atoms with Gasteiger partial charge in [-0.3, -0.25) is 14.9 Å². The standard InChI is InChI=1S/C19H13F2N3O3S2/c20-18(21)27-14-4-2-1-3-11(14)13-8-29-19(23-13)24-17(26)10-5-6-15-12(7-10)22-16(25)9-28-15/h1-8,18H,9H2,(H,22,25)(H,23,24,26). The van der Waals surface area contributed by atoms with Crippen molar-refractivity contribution in [1.29, 1.82) is 0 Å². The number of hydrogen-bond donors (Lipinski definition) is 2. The molecule has 0 bridgehead atoms. The van der Waals surface area contributed by atoms with E-state index in [1.54, 1.807) is 41.8 Å². The molecule has 2 N–H and O–H groups in total. The minimum Gasteiger partial charge on any atom is -0.434 e. The molecule has 1 aromatic heterocycles. The van der Waals surface area contributed by atoms with Gasteiger partial charge in [-0.15, -0.1) is 23.1 Å². The Bertz CT molecular complexity index is 1090. The van der Waals surface area contributed by atoms with Crippen LogP contribution in [0.25, 0.3) is 11.3 Å².